The zero-order chi connectivity index (χ0) is 13.0. The quantitative estimate of drug-likeness (QED) is 0.845. The molecule has 1 atom stereocenters. The SMILES string of the molecule is Cc1ccc(C(O)CNCc2cccn2C)cc1. The number of aliphatic hydroxyl groups excluding tert-OH is 1. The summed E-state index contributed by atoms with van der Waals surface area (Å²) in [5, 5.41) is 13.3. The van der Waals surface area contributed by atoms with Crippen molar-refractivity contribution in [1.29, 1.82) is 0 Å². The van der Waals surface area contributed by atoms with Crippen molar-refractivity contribution in [1.82, 2.24) is 9.88 Å². The summed E-state index contributed by atoms with van der Waals surface area (Å²) in [7, 11) is 2.02. The van der Waals surface area contributed by atoms with Crippen molar-refractivity contribution >= 4 is 0 Å². The van der Waals surface area contributed by atoms with Gasteiger partial charge in [-0.15, -0.1) is 0 Å². The van der Waals surface area contributed by atoms with Gasteiger partial charge < -0.3 is 15.0 Å². The van der Waals surface area contributed by atoms with Crippen molar-refractivity contribution in [2.45, 2.75) is 19.6 Å². The molecule has 1 unspecified atom stereocenters. The highest BCUT2D eigenvalue weighted by Crippen LogP contribution is 2.12. The summed E-state index contributed by atoms with van der Waals surface area (Å²) in [4.78, 5) is 0. The van der Waals surface area contributed by atoms with Crippen LogP contribution in [0.25, 0.3) is 0 Å². The number of nitrogens with zero attached hydrogens (tertiary/aromatic N) is 1. The molecule has 2 N–H and O–H groups in total. The van der Waals surface area contributed by atoms with E-state index in [4.69, 9.17) is 0 Å². The summed E-state index contributed by atoms with van der Waals surface area (Å²) < 4.78 is 2.07. The van der Waals surface area contributed by atoms with Crippen LogP contribution in [0.3, 0.4) is 0 Å². The molecule has 0 aliphatic carbocycles. The molecule has 0 aliphatic rings. The Morgan fingerprint density at radius 3 is 2.56 bits per heavy atom. The van der Waals surface area contributed by atoms with Crippen LogP contribution in [0.5, 0.6) is 0 Å². The van der Waals surface area contributed by atoms with E-state index in [0.717, 1.165) is 12.1 Å². The highest BCUT2D eigenvalue weighted by atomic mass is 16.3. The van der Waals surface area contributed by atoms with Gasteiger partial charge in [-0.05, 0) is 24.6 Å². The van der Waals surface area contributed by atoms with Gasteiger partial charge in [-0.2, -0.15) is 0 Å². The number of benzene rings is 1. The number of rotatable bonds is 5. The molecule has 0 fully saturated rings. The molecule has 0 saturated carbocycles. The Kier molecular flexibility index (Phi) is 4.18. The van der Waals surface area contributed by atoms with Crippen LogP contribution in [0.15, 0.2) is 42.6 Å². The largest absolute Gasteiger partial charge is 0.387 e. The molecule has 1 heterocycles. The summed E-state index contributed by atoms with van der Waals surface area (Å²) in [5.41, 5.74) is 3.38. The lowest BCUT2D eigenvalue weighted by atomic mass is 10.1. The molecule has 0 amide bonds. The normalized spacial score (nSPS) is 12.6. The fourth-order valence-electron chi connectivity index (χ4n) is 1.92. The average molecular weight is 244 g/mol. The van der Waals surface area contributed by atoms with Crippen molar-refractivity contribution in [3.05, 3.63) is 59.4 Å². The number of aliphatic hydroxyl groups is 1. The Balaban J connectivity index is 1.83. The van der Waals surface area contributed by atoms with Crippen LogP contribution in [0.1, 0.15) is 22.9 Å². The van der Waals surface area contributed by atoms with Gasteiger partial charge >= 0.3 is 0 Å². The van der Waals surface area contributed by atoms with Crippen LogP contribution in [-0.4, -0.2) is 16.2 Å². The molecule has 0 radical (unpaired) electrons. The van der Waals surface area contributed by atoms with Crippen molar-refractivity contribution < 1.29 is 5.11 Å². The van der Waals surface area contributed by atoms with Crippen molar-refractivity contribution in [2.75, 3.05) is 6.54 Å². The third-order valence-electron chi connectivity index (χ3n) is 3.16. The summed E-state index contributed by atoms with van der Waals surface area (Å²) in [6.07, 6.45) is 1.57. The molecule has 18 heavy (non-hydrogen) atoms. The minimum atomic E-state index is -0.453. The van der Waals surface area contributed by atoms with E-state index in [1.54, 1.807) is 0 Å². The van der Waals surface area contributed by atoms with E-state index in [1.165, 1.54) is 11.3 Å². The number of nitrogens with one attached hydrogen (secondary N) is 1. The van der Waals surface area contributed by atoms with Crippen LogP contribution in [0.2, 0.25) is 0 Å². The van der Waals surface area contributed by atoms with E-state index in [0.29, 0.717) is 6.54 Å². The standard InChI is InChI=1S/C15H20N2O/c1-12-5-7-13(8-6-12)15(18)11-16-10-14-4-3-9-17(14)2/h3-9,15-16,18H,10-11H2,1-2H3. The number of hydrogen-bond acceptors (Lipinski definition) is 2. The van der Waals surface area contributed by atoms with Gasteiger partial charge in [0.15, 0.2) is 0 Å². The van der Waals surface area contributed by atoms with Gasteiger partial charge in [0, 0.05) is 32.0 Å². The van der Waals surface area contributed by atoms with E-state index >= 15 is 0 Å². The molecule has 1 aromatic heterocycles. The van der Waals surface area contributed by atoms with Crippen molar-refractivity contribution in [3.8, 4) is 0 Å². The second-order valence-electron chi connectivity index (χ2n) is 4.67. The molecule has 2 rings (SSSR count). The number of aryl methyl sites for hydroxylation is 2. The fraction of sp³-hybridized carbons (Fsp3) is 0.333. The highest BCUT2D eigenvalue weighted by Gasteiger charge is 2.06. The Bertz CT molecular complexity index is 487. The fourth-order valence-corrected chi connectivity index (χ4v) is 1.92. The molecule has 0 aliphatic heterocycles. The molecule has 3 heteroatoms. The Morgan fingerprint density at radius 2 is 1.94 bits per heavy atom. The van der Waals surface area contributed by atoms with Gasteiger partial charge in [0.1, 0.15) is 0 Å². The smallest absolute Gasteiger partial charge is 0.0914 e. The Labute approximate surface area is 108 Å². The summed E-state index contributed by atoms with van der Waals surface area (Å²) in [6.45, 7) is 3.38. The van der Waals surface area contributed by atoms with Crippen molar-refractivity contribution in [3.63, 3.8) is 0 Å². The lowest BCUT2D eigenvalue weighted by Gasteiger charge is -2.13. The first-order chi connectivity index (χ1) is 8.66. The second-order valence-corrected chi connectivity index (χ2v) is 4.67. The molecule has 2 aromatic rings. The van der Waals surface area contributed by atoms with Gasteiger partial charge in [0.2, 0.25) is 0 Å². The van der Waals surface area contributed by atoms with Crippen LogP contribution >= 0.6 is 0 Å². The van der Waals surface area contributed by atoms with Gasteiger partial charge in [0.05, 0.1) is 6.10 Å². The van der Waals surface area contributed by atoms with E-state index < -0.39 is 6.10 Å². The zero-order valence-corrected chi connectivity index (χ0v) is 10.9. The number of hydrogen-bond donors (Lipinski definition) is 2. The lowest BCUT2D eigenvalue weighted by molar-refractivity contribution is 0.174. The predicted molar refractivity (Wildman–Crippen MR) is 73.3 cm³/mol. The van der Waals surface area contributed by atoms with E-state index in [1.807, 2.05) is 50.5 Å². The summed E-state index contributed by atoms with van der Waals surface area (Å²) >= 11 is 0. The maximum absolute atomic E-state index is 10.0. The topological polar surface area (TPSA) is 37.2 Å². The minimum absolute atomic E-state index is 0.453. The lowest BCUT2D eigenvalue weighted by Crippen LogP contribution is -2.22. The molecular formula is C15H20N2O. The molecule has 96 valence electrons. The maximum Gasteiger partial charge on any atom is 0.0914 e. The first-order valence-electron chi connectivity index (χ1n) is 6.22. The zero-order valence-electron chi connectivity index (χ0n) is 10.9. The summed E-state index contributed by atoms with van der Waals surface area (Å²) in [5.74, 6) is 0. The molecule has 3 nitrogen and oxygen atoms in total. The monoisotopic (exact) mass is 244 g/mol. The van der Waals surface area contributed by atoms with E-state index in [2.05, 4.69) is 16.0 Å². The van der Waals surface area contributed by atoms with Gasteiger partial charge in [0.25, 0.3) is 0 Å². The molecule has 0 bridgehead atoms. The van der Waals surface area contributed by atoms with E-state index in [9.17, 15) is 5.11 Å². The third kappa shape index (κ3) is 3.22. The van der Waals surface area contributed by atoms with Gasteiger partial charge in [-0.1, -0.05) is 29.8 Å². The van der Waals surface area contributed by atoms with E-state index in [-0.39, 0.29) is 0 Å². The first kappa shape index (κ1) is 12.9. The van der Waals surface area contributed by atoms with Crippen molar-refractivity contribution in [2.24, 2.45) is 7.05 Å². The Morgan fingerprint density at radius 1 is 1.22 bits per heavy atom. The Hall–Kier alpha value is -1.58. The third-order valence-corrected chi connectivity index (χ3v) is 3.16. The summed E-state index contributed by atoms with van der Waals surface area (Å²) in [6, 6.07) is 12.1. The molecular weight excluding hydrogens is 224 g/mol. The second kappa shape index (κ2) is 5.85. The molecule has 0 saturated heterocycles. The van der Waals surface area contributed by atoms with Gasteiger partial charge in [-0.3, -0.25) is 0 Å². The first-order valence-corrected chi connectivity index (χ1v) is 6.22. The van der Waals surface area contributed by atoms with Crippen LogP contribution < -0.4 is 5.32 Å². The molecule has 1 aromatic carbocycles. The number of aromatic nitrogens is 1. The van der Waals surface area contributed by atoms with Crippen LogP contribution in [0.4, 0.5) is 0 Å². The van der Waals surface area contributed by atoms with Gasteiger partial charge in [-0.25, -0.2) is 0 Å². The average Bonchev–Trinajstić information content (AvgIpc) is 2.76. The van der Waals surface area contributed by atoms with Crippen LogP contribution in [-0.2, 0) is 13.6 Å². The molecule has 0 spiro atoms. The maximum atomic E-state index is 10.0. The van der Waals surface area contributed by atoms with Crippen LogP contribution in [0, 0.1) is 6.92 Å². The highest BCUT2D eigenvalue weighted by molar-refractivity contribution is 5.23. The predicted octanol–water partition coefficient (Wildman–Crippen LogP) is 2.16. The minimum Gasteiger partial charge on any atom is -0.387 e.